The molecule has 1 aromatic carbocycles. The second-order valence-electron chi connectivity index (χ2n) is 4.27. The van der Waals surface area contributed by atoms with Gasteiger partial charge in [0.25, 0.3) is 0 Å². The number of hydrogen-bond donors (Lipinski definition) is 2. The lowest BCUT2D eigenvalue weighted by atomic mass is 9.96. The Morgan fingerprint density at radius 2 is 1.80 bits per heavy atom. The van der Waals surface area contributed by atoms with Gasteiger partial charge in [-0.05, 0) is 37.5 Å². The molecule has 1 saturated heterocycles. The number of nitrogens with one attached hydrogen (secondary N) is 1. The third kappa shape index (κ3) is 1.75. The van der Waals surface area contributed by atoms with Gasteiger partial charge in [-0.3, -0.25) is 10.1 Å². The third-order valence-electron chi connectivity index (χ3n) is 2.90. The summed E-state index contributed by atoms with van der Waals surface area (Å²) < 4.78 is 0. The van der Waals surface area contributed by atoms with Crippen molar-refractivity contribution in [2.24, 2.45) is 0 Å². The predicted molar refractivity (Wildman–Crippen MR) is 58.0 cm³/mol. The Hall–Kier alpha value is -1.35. The van der Waals surface area contributed by atoms with E-state index in [4.69, 9.17) is 5.11 Å². The highest BCUT2D eigenvalue weighted by molar-refractivity contribution is 5.79. The molecule has 0 aliphatic carbocycles. The summed E-state index contributed by atoms with van der Waals surface area (Å²) in [4.78, 5) is 10.8. The lowest BCUT2D eigenvalue weighted by molar-refractivity contribution is -0.136. The molecule has 2 atom stereocenters. The number of aliphatic carboxylic acids is 1. The Morgan fingerprint density at radius 3 is 2.20 bits per heavy atom. The van der Waals surface area contributed by atoms with Crippen LogP contribution in [-0.4, -0.2) is 17.1 Å². The molecule has 0 spiro atoms. The maximum atomic E-state index is 10.8. The smallest absolute Gasteiger partial charge is 0.322 e. The fourth-order valence-electron chi connectivity index (χ4n) is 2.28. The SMILES string of the molecule is Cc1cc(C)c([C@@H]2N[C@H]2C(=O)O)c(C)c1. The molecule has 80 valence electrons. The van der Waals surface area contributed by atoms with Crippen LogP contribution in [0, 0.1) is 20.8 Å². The van der Waals surface area contributed by atoms with Gasteiger partial charge in [-0.15, -0.1) is 0 Å². The van der Waals surface area contributed by atoms with Crippen molar-refractivity contribution >= 4 is 5.97 Å². The standard InChI is InChI=1S/C12H15NO2/c1-6-4-7(2)9(8(3)5-6)10-11(13-10)12(14)15/h4-5,10-11,13H,1-3H3,(H,14,15)/t10-,11+/m0/s1. The van der Waals surface area contributed by atoms with Gasteiger partial charge in [0.1, 0.15) is 6.04 Å². The first-order valence-corrected chi connectivity index (χ1v) is 5.07. The fourth-order valence-corrected chi connectivity index (χ4v) is 2.28. The lowest BCUT2D eigenvalue weighted by Gasteiger charge is -2.09. The van der Waals surface area contributed by atoms with E-state index in [0.717, 1.165) is 5.56 Å². The number of benzene rings is 1. The van der Waals surface area contributed by atoms with E-state index < -0.39 is 12.0 Å². The Bertz CT molecular complexity index is 403. The Balaban J connectivity index is 2.34. The zero-order valence-corrected chi connectivity index (χ0v) is 9.16. The molecule has 1 aliphatic rings. The molecule has 0 radical (unpaired) electrons. The van der Waals surface area contributed by atoms with Crippen LogP contribution < -0.4 is 5.32 Å². The second kappa shape index (κ2) is 3.35. The molecule has 2 N–H and O–H groups in total. The molecule has 0 aromatic heterocycles. The minimum absolute atomic E-state index is 0.00287. The van der Waals surface area contributed by atoms with E-state index in [1.54, 1.807) is 0 Å². The Kier molecular flexibility index (Phi) is 2.27. The average Bonchev–Trinajstić information content (AvgIpc) is 2.81. The first-order valence-electron chi connectivity index (χ1n) is 5.07. The Labute approximate surface area is 89.1 Å². The zero-order chi connectivity index (χ0) is 11.2. The molecule has 1 heterocycles. The van der Waals surface area contributed by atoms with E-state index >= 15 is 0 Å². The van der Waals surface area contributed by atoms with Crippen molar-refractivity contribution in [1.29, 1.82) is 0 Å². The van der Waals surface area contributed by atoms with E-state index in [9.17, 15) is 4.79 Å². The fraction of sp³-hybridized carbons (Fsp3) is 0.417. The van der Waals surface area contributed by atoms with Crippen LogP contribution in [-0.2, 0) is 4.79 Å². The maximum absolute atomic E-state index is 10.8. The lowest BCUT2D eigenvalue weighted by Crippen LogP contribution is -2.07. The number of hydrogen-bond acceptors (Lipinski definition) is 2. The topological polar surface area (TPSA) is 59.2 Å². The molecule has 1 fully saturated rings. The van der Waals surface area contributed by atoms with Crippen LogP contribution in [0.2, 0.25) is 0 Å². The van der Waals surface area contributed by atoms with Crippen LogP contribution in [0.3, 0.4) is 0 Å². The highest BCUT2D eigenvalue weighted by Gasteiger charge is 2.44. The molecule has 0 bridgehead atoms. The van der Waals surface area contributed by atoms with Crippen molar-refractivity contribution in [3.8, 4) is 0 Å². The monoisotopic (exact) mass is 205 g/mol. The van der Waals surface area contributed by atoms with Gasteiger partial charge in [0.2, 0.25) is 0 Å². The highest BCUT2D eigenvalue weighted by atomic mass is 16.4. The molecular weight excluding hydrogens is 190 g/mol. The number of carboxylic acids is 1. The quantitative estimate of drug-likeness (QED) is 0.722. The molecule has 1 aliphatic heterocycles. The molecule has 0 amide bonds. The van der Waals surface area contributed by atoms with E-state index in [0.29, 0.717) is 0 Å². The first kappa shape index (κ1) is 10.2. The van der Waals surface area contributed by atoms with Crippen LogP contribution in [0.25, 0.3) is 0 Å². The van der Waals surface area contributed by atoms with Gasteiger partial charge in [0.15, 0.2) is 0 Å². The summed E-state index contributed by atoms with van der Waals surface area (Å²) >= 11 is 0. The van der Waals surface area contributed by atoms with Crippen LogP contribution in [0.15, 0.2) is 12.1 Å². The van der Waals surface area contributed by atoms with Crippen molar-refractivity contribution in [2.45, 2.75) is 32.9 Å². The number of carboxylic acid groups (broad SMARTS) is 1. The summed E-state index contributed by atoms with van der Waals surface area (Å²) in [6, 6.07) is 3.80. The van der Waals surface area contributed by atoms with Gasteiger partial charge in [0, 0.05) is 0 Å². The third-order valence-corrected chi connectivity index (χ3v) is 2.90. The van der Waals surface area contributed by atoms with Crippen molar-refractivity contribution in [3.05, 3.63) is 34.4 Å². The summed E-state index contributed by atoms with van der Waals surface area (Å²) in [6.07, 6.45) is 0. The molecule has 3 heteroatoms. The number of aryl methyl sites for hydroxylation is 3. The van der Waals surface area contributed by atoms with Crippen LogP contribution in [0.4, 0.5) is 0 Å². The number of carbonyl (C=O) groups is 1. The summed E-state index contributed by atoms with van der Waals surface area (Å²) in [5, 5.41) is 11.8. The van der Waals surface area contributed by atoms with Gasteiger partial charge in [-0.2, -0.15) is 0 Å². The molecule has 0 unspecified atom stereocenters. The average molecular weight is 205 g/mol. The van der Waals surface area contributed by atoms with Crippen molar-refractivity contribution in [1.82, 2.24) is 5.32 Å². The molecule has 1 aromatic rings. The van der Waals surface area contributed by atoms with Crippen molar-refractivity contribution in [3.63, 3.8) is 0 Å². The molecule has 0 saturated carbocycles. The van der Waals surface area contributed by atoms with E-state index in [1.807, 2.05) is 13.8 Å². The number of rotatable bonds is 2. The predicted octanol–water partition coefficient (Wildman–Crippen LogP) is 1.71. The van der Waals surface area contributed by atoms with Gasteiger partial charge >= 0.3 is 5.97 Å². The summed E-state index contributed by atoms with van der Waals surface area (Å²) in [6.45, 7) is 6.13. The van der Waals surface area contributed by atoms with Gasteiger partial charge in [0.05, 0.1) is 6.04 Å². The van der Waals surface area contributed by atoms with E-state index in [2.05, 4.69) is 24.4 Å². The largest absolute Gasteiger partial charge is 0.480 e. The first-order chi connectivity index (χ1) is 7.00. The van der Waals surface area contributed by atoms with Gasteiger partial charge < -0.3 is 5.11 Å². The van der Waals surface area contributed by atoms with Crippen molar-refractivity contribution in [2.75, 3.05) is 0 Å². The van der Waals surface area contributed by atoms with E-state index in [-0.39, 0.29) is 6.04 Å². The minimum atomic E-state index is -0.764. The summed E-state index contributed by atoms with van der Waals surface area (Å²) in [5.74, 6) is -0.764. The zero-order valence-electron chi connectivity index (χ0n) is 9.16. The Morgan fingerprint density at radius 1 is 1.27 bits per heavy atom. The van der Waals surface area contributed by atoms with Crippen LogP contribution in [0.1, 0.15) is 28.3 Å². The minimum Gasteiger partial charge on any atom is -0.480 e. The molecule has 3 nitrogen and oxygen atoms in total. The van der Waals surface area contributed by atoms with E-state index in [1.165, 1.54) is 16.7 Å². The van der Waals surface area contributed by atoms with Gasteiger partial charge in [-0.25, -0.2) is 0 Å². The van der Waals surface area contributed by atoms with Crippen LogP contribution >= 0.6 is 0 Å². The van der Waals surface area contributed by atoms with Gasteiger partial charge in [-0.1, -0.05) is 17.7 Å². The summed E-state index contributed by atoms with van der Waals surface area (Å²) in [5.41, 5.74) is 4.72. The molecule has 15 heavy (non-hydrogen) atoms. The molecule has 2 rings (SSSR count). The highest BCUT2D eigenvalue weighted by Crippen LogP contribution is 2.34. The van der Waals surface area contributed by atoms with Crippen LogP contribution in [0.5, 0.6) is 0 Å². The van der Waals surface area contributed by atoms with Crippen molar-refractivity contribution < 1.29 is 9.90 Å². The second-order valence-corrected chi connectivity index (χ2v) is 4.27. The molecular formula is C12H15NO2. The maximum Gasteiger partial charge on any atom is 0.322 e. The summed E-state index contributed by atoms with van der Waals surface area (Å²) in [7, 11) is 0. The normalized spacial score (nSPS) is 23.9.